The summed E-state index contributed by atoms with van der Waals surface area (Å²) in [6, 6.07) is 11.5. The van der Waals surface area contributed by atoms with Crippen molar-refractivity contribution in [3.8, 4) is 11.5 Å². The summed E-state index contributed by atoms with van der Waals surface area (Å²) in [6.07, 6.45) is 4.43. The van der Waals surface area contributed by atoms with Gasteiger partial charge in [0.2, 0.25) is 0 Å². The van der Waals surface area contributed by atoms with Gasteiger partial charge in [-0.3, -0.25) is 0 Å². The minimum atomic E-state index is -0.679. The number of ether oxygens (including phenoxy) is 2. The van der Waals surface area contributed by atoms with E-state index < -0.39 is 6.10 Å². The molecule has 1 aromatic heterocycles. The first kappa shape index (κ1) is 25.7. The van der Waals surface area contributed by atoms with E-state index in [4.69, 9.17) is 44.3 Å². The smallest absolute Gasteiger partial charge is 0.138 e. The van der Waals surface area contributed by atoms with Crippen LogP contribution in [0, 0.1) is 5.92 Å². The third kappa shape index (κ3) is 6.80. The monoisotopic (exact) mass is 510 g/mol. The molecule has 3 rings (SSSR count). The Kier molecular flexibility index (Phi) is 8.94. The van der Waals surface area contributed by atoms with Crippen LogP contribution in [0.4, 0.5) is 0 Å². The van der Waals surface area contributed by atoms with Crippen molar-refractivity contribution in [2.75, 3.05) is 19.1 Å². The van der Waals surface area contributed by atoms with Crippen LogP contribution >= 0.6 is 34.8 Å². The highest BCUT2D eigenvalue weighted by atomic mass is 35.5. The van der Waals surface area contributed by atoms with Crippen LogP contribution in [-0.4, -0.2) is 39.9 Å². The summed E-state index contributed by atoms with van der Waals surface area (Å²) < 4.78 is 13.3. The van der Waals surface area contributed by atoms with Crippen LogP contribution in [0.5, 0.6) is 11.5 Å². The first-order chi connectivity index (χ1) is 15.7. The number of aromatic nitrogens is 2. The SMILES string of the molecule is CC(CCl)COc1ccc(C(C)(C)c2ccc(OCC(O)Cn3ccnc3)c(Cl)c2)cc1Cl. The maximum Gasteiger partial charge on any atom is 0.138 e. The fourth-order valence-corrected chi connectivity index (χ4v) is 3.89. The van der Waals surface area contributed by atoms with E-state index >= 15 is 0 Å². The number of aliphatic hydroxyl groups is 1. The van der Waals surface area contributed by atoms with Gasteiger partial charge in [-0.2, -0.15) is 0 Å². The zero-order chi connectivity index (χ0) is 24.0. The van der Waals surface area contributed by atoms with Crippen molar-refractivity contribution in [2.45, 2.75) is 38.8 Å². The highest BCUT2D eigenvalue weighted by Gasteiger charge is 2.25. The summed E-state index contributed by atoms with van der Waals surface area (Å²) >= 11 is 18.9. The van der Waals surface area contributed by atoms with Crippen molar-refractivity contribution in [1.29, 1.82) is 0 Å². The molecule has 1 heterocycles. The topological polar surface area (TPSA) is 56.5 Å². The Labute approximate surface area is 210 Å². The number of benzene rings is 2. The van der Waals surface area contributed by atoms with E-state index in [-0.39, 0.29) is 17.9 Å². The molecule has 8 heteroatoms. The number of rotatable bonds is 11. The molecule has 0 radical (unpaired) electrons. The van der Waals surface area contributed by atoms with Crippen molar-refractivity contribution in [3.63, 3.8) is 0 Å². The van der Waals surface area contributed by atoms with Gasteiger partial charge >= 0.3 is 0 Å². The Balaban J connectivity index is 1.68. The van der Waals surface area contributed by atoms with Crippen molar-refractivity contribution in [1.82, 2.24) is 9.55 Å². The minimum Gasteiger partial charge on any atom is -0.492 e. The van der Waals surface area contributed by atoms with Gasteiger partial charge in [0.05, 0.1) is 29.5 Å². The highest BCUT2D eigenvalue weighted by molar-refractivity contribution is 6.32. The average molecular weight is 512 g/mol. The predicted octanol–water partition coefficient (Wildman–Crippen LogP) is 6.21. The maximum absolute atomic E-state index is 10.2. The Morgan fingerprint density at radius 1 is 1.00 bits per heavy atom. The molecule has 5 nitrogen and oxygen atoms in total. The summed E-state index contributed by atoms with van der Waals surface area (Å²) in [5.74, 6) is 1.95. The molecule has 0 bridgehead atoms. The van der Waals surface area contributed by atoms with Crippen LogP contribution in [0.2, 0.25) is 10.0 Å². The number of alkyl halides is 1. The summed E-state index contributed by atoms with van der Waals surface area (Å²) in [7, 11) is 0. The van der Waals surface area contributed by atoms with Crippen LogP contribution in [0.3, 0.4) is 0 Å². The summed E-state index contributed by atoms with van der Waals surface area (Å²) in [5, 5.41) is 11.2. The van der Waals surface area contributed by atoms with E-state index in [0.29, 0.717) is 40.6 Å². The van der Waals surface area contributed by atoms with E-state index in [1.807, 2.05) is 43.3 Å². The third-order valence-electron chi connectivity index (χ3n) is 5.51. The van der Waals surface area contributed by atoms with E-state index in [2.05, 4.69) is 18.8 Å². The maximum atomic E-state index is 10.2. The summed E-state index contributed by atoms with van der Waals surface area (Å²) in [6.45, 7) is 7.27. The average Bonchev–Trinajstić information content (AvgIpc) is 3.30. The predicted molar refractivity (Wildman–Crippen MR) is 134 cm³/mol. The Hall–Kier alpha value is -1.92. The van der Waals surface area contributed by atoms with Crippen LogP contribution in [0.25, 0.3) is 0 Å². The lowest BCUT2D eigenvalue weighted by molar-refractivity contribution is 0.0925. The Morgan fingerprint density at radius 3 is 2.06 bits per heavy atom. The number of hydrogen-bond acceptors (Lipinski definition) is 4. The van der Waals surface area contributed by atoms with Gasteiger partial charge in [-0.1, -0.05) is 56.1 Å². The Morgan fingerprint density at radius 2 is 1.58 bits per heavy atom. The van der Waals surface area contributed by atoms with Gasteiger partial charge in [0.15, 0.2) is 0 Å². The van der Waals surface area contributed by atoms with Gasteiger partial charge in [-0.15, -0.1) is 11.6 Å². The fraction of sp³-hybridized carbons (Fsp3) is 0.400. The Bertz CT molecular complexity index is 1040. The summed E-state index contributed by atoms with van der Waals surface area (Å²) in [5.41, 5.74) is 1.69. The van der Waals surface area contributed by atoms with Crippen molar-refractivity contribution in [2.24, 2.45) is 5.92 Å². The van der Waals surface area contributed by atoms with E-state index in [1.165, 1.54) is 0 Å². The molecule has 1 N–H and O–H groups in total. The number of halogens is 3. The molecule has 33 heavy (non-hydrogen) atoms. The fourth-order valence-electron chi connectivity index (χ4n) is 3.33. The van der Waals surface area contributed by atoms with Crippen LogP contribution < -0.4 is 9.47 Å². The van der Waals surface area contributed by atoms with Gasteiger partial charge in [-0.05, 0) is 35.4 Å². The first-order valence-corrected chi connectivity index (χ1v) is 12.0. The van der Waals surface area contributed by atoms with Gasteiger partial charge in [0.25, 0.3) is 0 Å². The van der Waals surface area contributed by atoms with Crippen molar-refractivity contribution < 1.29 is 14.6 Å². The van der Waals surface area contributed by atoms with Gasteiger partial charge < -0.3 is 19.1 Å². The zero-order valence-corrected chi connectivity index (χ0v) is 21.2. The molecule has 2 atom stereocenters. The number of hydrogen-bond donors (Lipinski definition) is 1. The number of aliphatic hydroxyl groups excluding tert-OH is 1. The molecular weight excluding hydrogens is 483 g/mol. The lowest BCUT2D eigenvalue weighted by atomic mass is 9.78. The van der Waals surface area contributed by atoms with Crippen molar-refractivity contribution >= 4 is 34.8 Å². The normalized spacial score (nSPS) is 13.5. The second-order valence-electron chi connectivity index (χ2n) is 8.71. The van der Waals surface area contributed by atoms with Gasteiger partial charge in [0.1, 0.15) is 24.2 Å². The number of imidazole rings is 1. The molecule has 178 valence electrons. The van der Waals surface area contributed by atoms with Gasteiger partial charge in [0, 0.05) is 29.6 Å². The molecule has 0 aliphatic heterocycles. The molecule has 0 fully saturated rings. The standard InChI is InChI=1S/C25H29Cl3N2O3/c1-17(12-26)14-32-23-6-4-18(10-21(23)27)25(2,3)19-5-7-24(22(28)11-19)33-15-20(31)13-30-9-8-29-16-30/h4-11,16-17,20,31H,12-15H2,1-3H3. The summed E-state index contributed by atoms with van der Waals surface area (Å²) in [4.78, 5) is 3.96. The molecule has 0 amide bonds. The largest absolute Gasteiger partial charge is 0.492 e. The molecule has 3 aromatic rings. The molecule has 2 unspecified atom stereocenters. The molecule has 0 spiro atoms. The van der Waals surface area contributed by atoms with Crippen LogP contribution in [-0.2, 0) is 12.0 Å². The molecule has 2 aromatic carbocycles. The molecule has 0 aliphatic carbocycles. The minimum absolute atomic E-state index is 0.125. The highest BCUT2D eigenvalue weighted by Crippen LogP contribution is 2.38. The van der Waals surface area contributed by atoms with Gasteiger partial charge in [-0.25, -0.2) is 4.98 Å². The molecule has 0 saturated heterocycles. The first-order valence-electron chi connectivity index (χ1n) is 10.8. The lowest BCUT2D eigenvalue weighted by Crippen LogP contribution is -2.23. The van der Waals surface area contributed by atoms with E-state index in [0.717, 1.165) is 11.1 Å². The quantitative estimate of drug-likeness (QED) is 0.311. The second kappa shape index (κ2) is 11.5. The lowest BCUT2D eigenvalue weighted by Gasteiger charge is -2.27. The van der Waals surface area contributed by atoms with E-state index in [1.54, 1.807) is 23.3 Å². The van der Waals surface area contributed by atoms with E-state index in [9.17, 15) is 5.11 Å². The van der Waals surface area contributed by atoms with Crippen LogP contribution in [0.15, 0.2) is 55.1 Å². The van der Waals surface area contributed by atoms with Crippen LogP contribution in [0.1, 0.15) is 31.9 Å². The molecule has 0 aliphatic rings. The zero-order valence-electron chi connectivity index (χ0n) is 19.0. The third-order valence-corrected chi connectivity index (χ3v) is 6.62. The number of nitrogens with zero attached hydrogens (tertiary/aromatic N) is 2. The molecule has 0 saturated carbocycles. The molecular formula is C25H29Cl3N2O3. The van der Waals surface area contributed by atoms with Crippen molar-refractivity contribution in [3.05, 3.63) is 76.3 Å². The second-order valence-corrected chi connectivity index (χ2v) is 9.83.